The minimum atomic E-state index is 0.509. The van der Waals surface area contributed by atoms with E-state index in [0.29, 0.717) is 5.92 Å². The molecule has 1 unspecified atom stereocenters. The van der Waals surface area contributed by atoms with Gasteiger partial charge in [0.25, 0.3) is 0 Å². The van der Waals surface area contributed by atoms with E-state index in [-0.39, 0.29) is 0 Å². The average molecular weight is 196 g/mol. The van der Waals surface area contributed by atoms with E-state index in [0.717, 1.165) is 0 Å². The van der Waals surface area contributed by atoms with Crippen molar-refractivity contribution in [3.8, 4) is 0 Å². The standard InChI is InChI=1S/C15H16/c1-12-8-9-15(11-13(2)10-12)14-6-4-3-5-7-14/h3-11,13H,1-2H3. The first kappa shape index (κ1) is 9.97. The summed E-state index contributed by atoms with van der Waals surface area (Å²) in [6, 6.07) is 10.5. The van der Waals surface area contributed by atoms with Gasteiger partial charge in [0, 0.05) is 0 Å². The SMILES string of the molecule is CC1=CC(C)C=C(c2ccccc2)C=C1. The predicted octanol–water partition coefficient (Wildman–Crippen LogP) is 4.22. The maximum atomic E-state index is 2.31. The monoisotopic (exact) mass is 196 g/mol. The van der Waals surface area contributed by atoms with E-state index >= 15 is 0 Å². The van der Waals surface area contributed by atoms with Crippen LogP contribution in [0.5, 0.6) is 0 Å². The molecule has 0 N–H and O–H groups in total. The summed E-state index contributed by atoms with van der Waals surface area (Å²) < 4.78 is 0. The predicted molar refractivity (Wildman–Crippen MR) is 66.5 cm³/mol. The normalized spacial score (nSPS) is 20.5. The molecule has 0 bridgehead atoms. The number of allylic oxidation sites excluding steroid dienone is 6. The Bertz CT molecular complexity index is 419. The summed E-state index contributed by atoms with van der Waals surface area (Å²) in [7, 11) is 0. The van der Waals surface area contributed by atoms with Crippen molar-refractivity contribution in [2.45, 2.75) is 13.8 Å². The largest absolute Gasteiger partial charge is 0.0749 e. The zero-order valence-electron chi connectivity index (χ0n) is 9.27. The maximum absolute atomic E-state index is 2.31. The second-order valence-corrected chi connectivity index (χ2v) is 4.09. The van der Waals surface area contributed by atoms with E-state index < -0.39 is 0 Å². The van der Waals surface area contributed by atoms with Crippen molar-refractivity contribution in [2.75, 3.05) is 0 Å². The topological polar surface area (TPSA) is 0 Å². The van der Waals surface area contributed by atoms with E-state index in [2.05, 4.69) is 68.5 Å². The fraction of sp³-hybridized carbons (Fsp3) is 0.200. The third kappa shape index (κ3) is 2.47. The molecule has 0 radical (unpaired) electrons. The van der Waals surface area contributed by atoms with E-state index in [1.807, 2.05) is 0 Å². The van der Waals surface area contributed by atoms with Gasteiger partial charge in [-0.15, -0.1) is 0 Å². The molecule has 1 aliphatic rings. The Labute approximate surface area is 91.6 Å². The summed E-state index contributed by atoms with van der Waals surface area (Å²) in [6.07, 6.45) is 8.97. The molecule has 0 nitrogen and oxygen atoms in total. The van der Waals surface area contributed by atoms with Crippen LogP contribution >= 0.6 is 0 Å². The Balaban J connectivity index is 2.36. The van der Waals surface area contributed by atoms with Crippen molar-refractivity contribution in [2.24, 2.45) is 5.92 Å². The van der Waals surface area contributed by atoms with Crippen molar-refractivity contribution in [1.29, 1.82) is 0 Å². The maximum Gasteiger partial charge on any atom is -0.00670 e. The minimum Gasteiger partial charge on any atom is -0.0749 e. The van der Waals surface area contributed by atoms with E-state index in [1.54, 1.807) is 0 Å². The summed E-state index contributed by atoms with van der Waals surface area (Å²) >= 11 is 0. The van der Waals surface area contributed by atoms with Crippen molar-refractivity contribution >= 4 is 5.57 Å². The molecule has 0 saturated carbocycles. The highest BCUT2D eigenvalue weighted by molar-refractivity contribution is 5.75. The number of benzene rings is 1. The van der Waals surface area contributed by atoms with E-state index in [1.165, 1.54) is 16.7 Å². The van der Waals surface area contributed by atoms with Crippen LogP contribution in [0.15, 0.2) is 60.2 Å². The molecule has 0 aromatic heterocycles. The Morgan fingerprint density at radius 2 is 1.67 bits per heavy atom. The molecule has 0 fully saturated rings. The van der Waals surface area contributed by atoms with Gasteiger partial charge in [0.15, 0.2) is 0 Å². The van der Waals surface area contributed by atoms with Gasteiger partial charge in [0.05, 0.1) is 0 Å². The highest BCUT2D eigenvalue weighted by Gasteiger charge is 2.03. The molecular weight excluding hydrogens is 180 g/mol. The number of hydrogen-bond donors (Lipinski definition) is 0. The molecule has 1 atom stereocenters. The van der Waals surface area contributed by atoms with Crippen LogP contribution < -0.4 is 0 Å². The molecule has 0 heteroatoms. The Kier molecular flexibility index (Phi) is 2.86. The number of hydrogen-bond acceptors (Lipinski definition) is 0. The van der Waals surface area contributed by atoms with Gasteiger partial charge in [0.1, 0.15) is 0 Å². The summed E-state index contributed by atoms with van der Waals surface area (Å²) in [5, 5.41) is 0. The molecular formula is C15H16. The summed E-state index contributed by atoms with van der Waals surface area (Å²) in [5.74, 6) is 0.509. The molecule has 0 heterocycles. The Morgan fingerprint density at radius 3 is 2.40 bits per heavy atom. The Hall–Kier alpha value is -1.56. The highest BCUT2D eigenvalue weighted by Crippen LogP contribution is 2.22. The molecule has 2 rings (SSSR count). The molecule has 15 heavy (non-hydrogen) atoms. The molecule has 0 saturated heterocycles. The van der Waals surface area contributed by atoms with Gasteiger partial charge < -0.3 is 0 Å². The zero-order chi connectivity index (χ0) is 10.7. The molecule has 0 amide bonds. The van der Waals surface area contributed by atoms with E-state index in [9.17, 15) is 0 Å². The van der Waals surface area contributed by atoms with Crippen molar-refractivity contribution in [3.63, 3.8) is 0 Å². The molecule has 0 aliphatic heterocycles. The first-order chi connectivity index (χ1) is 7.25. The van der Waals surface area contributed by atoms with Gasteiger partial charge >= 0.3 is 0 Å². The van der Waals surface area contributed by atoms with Gasteiger partial charge in [-0.25, -0.2) is 0 Å². The van der Waals surface area contributed by atoms with Crippen LogP contribution in [0.4, 0.5) is 0 Å². The van der Waals surface area contributed by atoms with Gasteiger partial charge in [-0.05, 0) is 24.0 Å². The second kappa shape index (κ2) is 4.31. The molecule has 0 spiro atoms. The van der Waals surface area contributed by atoms with Crippen molar-refractivity contribution in [1.82, 2.24) is 0 Å². The lowest BCUT2D eigenvalue weighted by Crippen LogP contribution is -1.85. The highest BCUT2D eigenvalue weighted by atomic mass is 14.1. The van der Waals surface area contributed by atoms with E-state index in [4.69, 9.17) is 0 Å². The number of rotatable bonds is 1. The molecule has 1 aromatic carbocycles. The summed E-state index contributed by atoms with van der Waals surface area (Å²) in [4.78, 5) is 0. The minimum absolute atomic E-state index is 0.509. The molecule has 1 aliphatic carbocycles. The first-order valence-electron chi connectivity index (χ1n) is 5.39. The smallest absolute Gasteiger partial charge is 0.00670 e. The van der Waals surface area contributed by atoms with Gasteiger partial charge in [0.2, 0.25) is 0 Å². The van der Waals surface area contributed by atoms with Gasteiger partial charge in [-0.2, -0.15) is 0 Å². The van der Waals surface area contributed by atoms with Crippen molar-refractivity contribution < 1.29 is 0 Å². The van der Waals surface area contributed by atoms with Gasteiger partial charge in [-0.3, -0.25) is 0 Å². The van der Waals surface area contributed by atoms with Crippen LogP contribution in [0.1, 0.15) is 19.4 Å². The lowest BCUT2D eigenvalue weighted by atomic mass is 10.0. The lowest BCUT2D eigenvalue weighted by Gasteiger charge is -2.03. The van der Waals surface area contributed by atoms with Crippen LogP contribution in [-0.4, -0.2) is 0 Å². The molecule has 76 valence electrons. The fourth-order valence-corrected chi connectivity index (χ4v) is 1.90. The van der Waals surface area contributed by atoms with Gasteiger partial charge in [-0.1, -0.05) is 67.1 Å². The fourth-order valence-electron chi connectivity index (χ4n) is 1.90. The molecule has 1 aromatic rings. The Morgan fingerprint density at radius 1 is 0.933 bits per heavy atom. The van der Waals surface area contributed by atoms with Crippen LogP contribution in [-0.2, 0) is 0 Å². The third-order valence-electron chi connectivity index (χ3n) is 2.60. The summed E-state index contributed by atoms with van der Waals surface area (Å²) in [5.41, 5.74) is 3.95. The van der Waals surface area contributed by atoms with Crippen LogP contribution in [0.25, 0.3) is 5.57 Å². The first-order valence-corrected chi connectivity index (χ1v) is 5.39. The van der Waals surface area contributed by atoms with Crippen molar-refractivity contribution in [3.05, 3.63) is 65.8 Å². The lowest BCUT2D eigenvalue weighted by molar-refractivity contribution is 0.936. The second-order valence-electron chi connectivity index (χ2n) is 4.09. The van der Waals surface area contributed by atoms with Crippen LogP contribution in [0.3, 0.4) is 0 Å². The van der Waals surface area contributed by atoms with Crippen LogP contribution in [0, 0.1) is 5.92 Å². The third-order valence-corrected chi connectivity index (χ3v) is 2.60. The van der Waals surface area contributed by atoms with Crippen LogP contribution in [0.2, 0.25) is 0 Å². The average Bonchev–Trinajstić information content (AvgIpc) is 2.41. The quantitative estimate of drug-likeness (QED) is 0.630. The zero-order valence-corrected chi connectivity index (χ0v) is 9.27. The summed E-state index contributed by atoms with van der Waals surface area (Å²) in [6.45, 7) is 4.37.